The number of hydrogen-bond donors (Lipinski definition) is 1. The van der Waals surface area contributed by atoms with Gasteiger partial charge in [0.2, 0.25) is 4.77 Å². The Kier molecular flexibility index (Phi) is 5.25. The fourth-order valence-electron chi connectivity index (χ4n) is 1.80. The fraction of sp³-hybridized carbons (Fsp3) is 0.0714. The van der Waals surface area contributed by atoms with E-state index >= 15 is 0 Å². The molecule has 1 N–H and O–H groups in total. The van der Waals surface area contributed by atoms with Crippen LogP contribution in [-0.4, -0.2) is 21.1 Å². The van der Waals surface area contributed by atoms with Crippen molar-refractivity contribution < 1.29 is 9.15 Å². The topological polar surface area (TPSA) is 68.3 Å². The van der Waals surface area contributed by atoms with E-state index in [4.69, 9.17) is 56.2 Å². The molecule has 0 spiro atoms. The number of aromatic nitrogens is 3. The van der Waals surface area contributed by atoms with Crippen LogP contribution < -0.4 is 4.74 Å². The van der Waals surface area contributed by atoms with Crippen LogP contribution in [0.1, 0.15) is 11.5 Å². The summed E-state index contributed by atoms with van der Waals surface area (Å²) in [5, 5.41) is 11.6. The lowest BCUT2D eigenvalue weighted by Crippen LogP contribution is -1.95. The van der Waals surface area contributed by atoms with Crippen molar-refractivity contribution >= 4 is 53.2 Å². The predicted molar refractivity (Wildman–Crippen MR) is 94.9 cm³/mol. The normalized spacial score (nSPS) is 11.3. The minimum absolute atomic E-state index is 0.153. The van der Waals surface area contributed by atoms with Crippen molar-refractivity contribution in [2.45, 2.75) is 6.61 Å². The van der Waals surface area contributed by atoms with Gasteiger partial charge >= 0.3 is 0 Å². The van der Waals surface area contributed by atoms with Gasteiger partial charge in [-0.2, -0.15) is 14.9 Å². The van der Waals surface area contributed by atoms with E-state index in [1.54, 1.807) is 24.3 Å². The molecule has 2 aromatic heterocycles. The quantitative estimate of drug-likeness (QED) is 0.483. The van der Waals surface area contributed by atoms with E-state index in [2.05, 4.69) is 15.3 Å². The second-order valence-electron chi connectivity index (χ2n) is 4.54. The molecule has 0 amide bonds. The summed E-state index contributed by atoms with van der Waals surface area (Å²) in [6, 6.07) is 6.61. The average Bonchev–Trinajstić information content (AvgIpc) is 3.13. The predicted octanol–water partition coefficient (Wildman–Crippen LogP) is 4.96. The molecule has 3 rings (SSSR count). The first-order chi connectivity index (χ1) is 11.5. The van der Waals surface area contributed by atoms with Crippen LogP contribution in [0.4, 0.5) is 0 Å². The zero-order chi connectivity index (χ0) is 17.1. The lowest BCUT2D eigenvalue weighted by Gasteiger charge is -2.08. The van der Waals surface area contributed by atoms with Crippen molar-refractivity contribution in [3.63, 3.8) is 0 Å². The number of ether oxygens (including phenoxy) is 1. The molecule has 3 aromatic rings. The van der Waals surface area contributed by atoms with Gasteiger partial charge in [-0.1, -0.05) is 34.8 Å². The number of hydrogen-bond acceptors (Lipinski definition) is 5. The molecule has 0 aliphatic rings. The molecule has 1 aromatic carbocycles. The number of nitrogens with one attached hydrogen (secondary N) is 1. The summed E-state index contributed by atoms with van der Waals surface area (Å²) in [5.41, 5.74) is 0. The lowest BCUT2D eigenvalue weighted by atomic mass is 10.3. The summed E-state index contributed by atoms with van der Waals surface area (Å²) in [6.07, 6.45) is 2.97. The van der Waals surface area contributed by atoms with Gasteiger partial charge in [-0.25, -0.2) is 0 Å². The van der Waals surface area contributed by atoms with E-state index < -0.39 is 0 Å². The van der Waals surface area contributed by atoms with E-state index in [0.717, 1.165) is 0 Å². The van der Waals surface area contributed by atoms with Crippen molar-refractivity contribution in [1.29, 1.82) is 0 Å². The first-order valence-electron chi connectivity index (χ1n) is 6.55. The molecule has 0 atom stereocenters. The van der Waals surface area contributed by atoms with E-state index in [9.17, 15) is 0 Å². The van der Waals surface area contributed by atoms with Crippen LogP contribution in [0.5, 0.6) is 5.75 Å². The summed E-state index contributed by atoms with van der Waals surface area (Å²) in [6.45, 7) is 0.153. The molecule has 0 bridgehead atoms. The highest BCUT2D eigenvalue weighted by Gasteiger charge is 2.10. The Bertz CT molecular complexity index is 924. The Morgan fingerprint density at radius 2 is 2.04 bits per heavy atom. The van der Waals surface area contributed by atoms with E-state index in [1.807, 2.05) is 0 Å². The first kappa shape index (κ1) is 17.0. The first-order valence-corrected chi connectivity index (χ1v) is 8.09. The summed E-state index contributed by atoms with van der Waals surface area (Å²) in [4.78, 5) is 0. The highest BCUT2D eigenvalue weighted by Crippen LogP contribution is 2.36. The summed E-state index contributed by atoms with van der Waals surface area (Å²) in [5.74, 6) is 1.46. The maximum absolute atomic E-state index is 6.06. The average molecular weight is 404 g/mol. The third-order valence-corrected chi connectivity index (χ3v) is 3.91. The molecule has 0 radical (unpaired) electrons. The second-order valence-corrected chi connectivity index (χ2v) is 6.18. The van der Waals surface area contributed by atoms with Crippen LogP contribution in [0.15, 0.2) is 40.1 Å². The van der Waals surface area contributed by atoms with Crippen LogP contribution in [0.2, 0.25) is 15.1 Å². The zero-order valence-electron chi connectivity index (χ0n) is 11.9. The summed E-state index contributed by atoms with van der Waals surface area (Å²) >= 11 is 23.0. The molecule has 2 heterocycles. The number of benzene rings is 1. The maximum Gasteiger partial charge on any atom is 0.216 e. The zero-order valence-corrected chi connectivity index (χ0v) is 15.0. The van der Waals surface area contributed by atoms with Crippen molar-refractivity contribution in [2.24, 2.45) is 5.10 Å². The molecule has 0 saturated heterocycles. The molecule has 10 heteroatoms. The van der Waals surface area contributed by atoms with Gasteiger partial charge in [-0.05, 0) is 36.5 Å². The number of H-pyrrole nitrogens is 1. The number of halogens is 3. The number of furan rings is 1. The largest absolute Gasteiger partial charge is 0.483 e. The molecule has 0 unspecified atom stereocenters. The summed E-state index contributed by atoms with van der Waals surface area (Å²) < 4.78 is 13.0. The van der Waals surface area contributed by atoms with Gasteiger partial charge in [-0.15, -0.1) is 0 Å². The van der Waals surface area contributed by atoms with Gasteiger partial charge in [0.1, 0.15) is 24.5 Å². The van der Waals surface area contributed by atoms with Crippen molar-refractivity contribution in [1.82, 2.24) is 14.9 Å². The Labute approximate surface area is 156 Å². The minimum atomic E-state index is 0.153. The van der Waals surface area contributed by atoms with Gasteiger partial charge in [0.15, 0.2) is 5.75 Å². The summed E-state index contributed by atoms with van der Waals surface area (Å²) in [7, 11) is 0. The van der Waals surface area contributed by atoms with Crippen LogP contribution in [0.3, 0.4) is 0 Å². The van der Waals surface area contributed by atoms with Crippen LogP contribution in [0, 0.1) is 4.77 Å². The molecule has 0 aliphatic heterocycles. The van der Waals surface area contributed by atoms with Gasteiger partial charge < -0.3 is 9.15 Å². The van der Waals surface area contributed by atoms with E-state index in [1.165, 1.54) is 17.2 Å². The molecular formula is C14H9Cl3N4O2S. The molecule has 0 saturated carbocycles. The smallest absolute Gasteiger partial charge is 0.216 e. The monoisotopic (exact) mass is 402 g/mol. The highest BCUT2D eigenvalue weighted by atomic mass is 35.5. The van der Waals surface area contributed by atoms with Crippen LogP contribution in [-0.2, 0) is 6.61 Å². The fourth-order valence-corrected chi connectivity index (χ4v) is 2.87. The van der Waals surface area contributed by atoms with Gasteiger partial charge in [-0.3, -0.25) is 5.10 Å². The Hall–Kier alpha value is -1.80. The molecule has 0 aliphatic carbocycles. The molecule has 124 valence electrons. The standard InChI is InChI=1S/C14H9Cl3N4O2S/c15-8-3-11(16)13(12(17)4-8)22-6-10-2-1-9(23-10)5-19-21-7-18-20-14(21)24/h1-5,7H,6H2,(H,20,24). The van der Waals surface area contributed by atoms with Gasteiger partial charge in [0, 0.05) is 5.02 Å². The Morgan fingerprint density at radius 3 is 2.71 bits per heavy atom. The molecule has 6 nitrogen and oxygen atoms in total. The van der Waals surface area contributed by atoms with Crippen molar-refractivity contribution in [2.75, 3.05) is 0 Å². The Balaban J connectivity index is 1.68. The minimum Gasteiger partial charge on any atom is -0.483 e. The van der Waals surface area contributed by atoms with Gasteiger partial charge in [0.25, 0.3) is 0 Å². The second kappa shape index (κ2) is 7.40. The number of aromatic amines is 1. The highest BCUT2D eigenvalue weighted by molar-refractivity contribution is 7.71. The van der Waals surface area contributed by atoms with Crippen LogP contribution in [0.25, 0.3) is 0 Å². The lowest BCUT2D eigenvalue weighted by molar-refractivity contribution is 0.270. The number of nitrogens with zero attached hydrogens (tertiary/aromatic N) is 3. The van der Waals surface area contributed by atoms with Crippen molar-refractivity contribution in [3.05, 3.63) is 62.0 Å². The van der Waals surface area contributed by atoms with Gasteiger partial charge in [0.05, 0.1) is 16.3 Å². The van der Waals surface area contributed by atoms with E-state index in [0.29, 0.717) is 37.1 Å². The Morgan fingerprint density at radius 1 is 1.29 bits per heavy atom. The van der Waals surface area contributed by atoms with Crippen LogP contribution >= 0.6 is 47.0 Å². The number of rotatable bonds is 5. The molecular weight excluding hydrogens is 395 g/mol. The van der Waals surface area contributed by atoms with E-state index in [-0.39, 0.29) is 6.61 Å². The third kappa shape index (κ3) is 3.99. The molecule has 24 heavy (non-hydrogen) atoms. The third-order valence-electron chi connectivity index (χ3n) is 2.85. The SMILES string of the molecule is S=c1[nH]ncn1N=Cc1ccc(COc2c(Cl)cc(Cl)cc2Cl)o1. The van der Waals surface area contributed by atoms with Crippen molar-refractivity contribution in [3.8, 4) is 5.75 Å². The molecule has 0 fully saturated rings. The maximum atomic E-state index is 6.06.